The van der Waals surface area contributed by atoms with E-state index in [1.54, 1.807) is 12.4 Å². The number of ketones is 1. The van der Waals surface area contributed by atoms with Gasteiger partial charge in [0, 0.05) is 54.7 Å². The van der Waals surface area contributed by atoms with Crippen LogP contribution in [-0.4, -0.2) is 39.4 Å². The molecule has 0 N–H and O–H groups in total. The molecule has 0 radical (unpaired) electrons. The summed E-state index contributed by atoms with van der Waals surface area (Å²) >= 11 is 0. The van der Waals surface area contributed by atoms with E-state index >= 15 is 0 Å². The maximum atomic E-state index is 13.4. The number of halogens is 3. The van der Waals surface area contributed by atoms with Crippen molar-refractivity contribution in [3.63, 3.8) is 0 Å². The van der Waals surface area contributed by atoms with Gasteiger partial charge in [0.15, 0.2) is 5.54 Å². The lowest BCUT2D eigenvalue weighted by molar-refractivity contribution is -0.656. The molecule has 174 valence electrons. The van der Waals surface area contributed by atoms with Gasteiger partial charge in [0.05, 0.1) is 5.71 Å². The van der Waals surface area contributed by atoms with Gasteiger partial charge in [-0.25, -0.2) is 0 Å². The minimum atomic E-state index is -4.97. The number of aliphatic imine (C=N–C) groups is 1. The minimum Gasteiger partial charge on any atom is -0.505 e. The van der Waals surface area contributed by atoms with Gasteiger partial charge < -0.3 is 10.2 Å². The first-order valence-electron chi connectivity index (χ1n) is 11.6. The third-order valence-corrected chi connectivity index (χ3v) is 8.28. The summed E-state index contributed by atoms with van der Waals surface area (Å²) in [7, 11) is 0. The number of carbonyl (C=O) groups is 1. The van der Waals surface area contributed by atoms with E-state index in [1.807, 2.05) is 36.4 Å². The molecule has 1 aromatic heterocycles. The third kappa shape index (κ3) is 2.77. The molecule has 2 saturated heterocycles. The number of aromatic nitrogens is 1. The third-order valence-electron chi connectivity index (χ3n) is 8.28. The number of nitrogens with zero attached hydrogens (tertiary/aromatic N) is 4. The van der Waals surface area contributed by atoms with Gasteiger partial charge in [-0.15, -0.1) is 0 Å². The largest absolute Gasteiger partial charge is 0.505 e. The number of benzene rings is 1. The predicted octanol–water partition coefficient (Wildman–Crippen LogP) is 5.29. The summed E-state index contributed by atoms with van der Waals surface area (Å²) in [4.78, 5) is 21.3. The average Bonchev–Trinajstić information content (AvgIpc) is 3.53. The van der Waals surface area contributed by atoms with Gasteiger partial charge in [-0.2, -0.15) is 13.2 Å². The highest BCUT2D eigenvalue weighted by Gasteiger charge is 2.84. The predicted molar refractivity (Wildman–Crippen MR) is 119 cm³/mol. The quantitative estimate of drug-likeness (QED) is 0.577. The van der Waals surface area contributed by atoms with E-state index in [2.05, 4.69) is 11.1 Å². The highest BCUT2D eigenvalue weighted by Crippen LogP contribution is 2.71. The lowest BCUT2D eigenvalue weighted by Crippen LogP contribution is -2.52. The van der Waals surface area contributed by atoms with Crippen LogP contribution < -0.4 is 0 Å². The fourth-order valence-corrected chi connectivity index (χ4v) is 6.99. The molecule has 0 spiro atoms. The number of rotatable bonds is 4. The number of alkyl halides is 3. The lowest BCUT2D eigenvalue weighted by Gasteiger charge is -2.31. The van der Waals surface area contributed by atoms with Crippen molar-refractivity contribution in [1.82, 2.24) is 4.98 Å². The highest BCUT2D eigenvalue weighted by atomic mass is 19.4. The Hall–Kier alpha value is -3.16. The fourth-order valence-electron chi connectivity index (χ4n) is 6.99. The summed E-state index contributed by atoms with van der Waals surface area (Å²) in [5.41, 5.74) is 12.9. The van der Waals surface area contributed by atoms with Gasteiger partial charge in [0.1, 0.15) is 0 Å². The summed E-state index contributed by atoms with van der Waals surface area (Å²) in [6.07, 6.45) is 3.35. The Morgan fingerprint density at radius 2 is 2.03 bits per heavy atom. The van der Waals surface area contributed by atoms with Crippen molar-refractivity contribution < 1.29 is 22.7 Å². The molecule has 4 heterocycles. The molecule has 4 bridgehead atoms. The lowest BCUT2D eigenvalue weighted by atomic mass is 9.76. The van der Waals surface area contributed by atoms with Crippen LogP contribution in [0.2, 0.25) is 0 Å². The molecular weight excluding hydrogens is 441 g/mol. The summed E-state index contributed by atoms with van der Waals surface area (Å²) in [5, 5.41) is 0. The maximum Gasteiger partial charge on any atom is 0.457 e. The molecule has 4 fully saturated rings. The highest BCUT2D eigenvalue weighted by molar-refractivity contribution is 6.15. The number of pyridine rings is 1. The number of Topliss-reactive ketones (excluding diaryl/α,β-unsaturated/α-hetero) is 1. The number of carbonyl (C=O) groups excluding carboxylic acids is 1. The van der Waals surface area contributed by atoms with E-state index in [4.69, 9.17) is 4.99 Å². The van der Waals surface area contributed by atoms with Gasteiger partial charge in [0.25, 0.3) is 0 Å². The van der Waals surface area contributed by atoms with Crippen LogP contribution in [-0.2, 0) is 10.3 Å². The zero-order valence-corrected chi connectivity index (χ0v) is 18.4. The Morgan fingerprint density at radius 3 is 2.74 bits per heavy atom. The first-order chi connectivity index (χ1) is 16.3. The molecule has 34 heavy (non-hydrogen) atoms. The zero-order chi connectivity index (χ0) is 23.7. The molecule has 2 unspecified atom stereocenters. The van der Waals surface area contributed by atoms with E-state index in [-0.39, 0.29) is 12.3 Å². The van der Waals surface area contributed by atoms with Gasteiger partial charge in [0.2, 0.25) is 5.54 Å². The van der Waals surface area contributed by atoms with Crippen LogP contribution in [0, 0.1) is 11.8 Å². The Kier molecular flexibility index (Phi) is 4.51. The summed E-state index contributed by atoms with van der Waals surface area (Å²) < 4.78 is 41.1. The molecule has 8 heteroatoms. The number of hydrogen-bond acceptors (Lipinski definition) is 3. The molecule has 0 amide bonds. The van der Waals surface area contributed by atoms with E-state index in [0.29, 0.717) is 12.8 Å². The summed E-state index contributed by atoms with van der Waals surface area (Å²) in [6.45, 7) is 0.753. The van der Waals surface area contributed by atoms with Crippen molar-refractivity contribution in [2.75, 3.05) is 6.54 Å². The number of piperidine rings is 1. The first-order valence-corrected chi connectivity index (χ1v) is 11.6. The molecule has 4 atom stereocenters. The second-order valence-corrected chi connectivity index (χ2v) is 9.90. The number of allylic oxidation sites excluding steroid dienone is 1. The Morgan fingerprint density at radius 1 is 1.18 bits per heavy atom. The molecule has 3 aliphatic heterocycles. The second kappa shape index (κ2) is 7.17. The molecule has 2 saturated carbocycles. The van der Waals surface area contributed by atoms with Gasteiger partial charge in [-0.3, -0.25) is 14.8 Å². The Balaban J connectivity index is 1.37. The van der Waals surface area contributed by atoms with Crippen molar-refractivity contribution in [3.05, 3.63) is 76.6 Å². The van der Waals surface area contributed by atoms with Crippen molar-refractivity contribution >= 4 is 17.6 Å². The van der Waals surface area contributed by atoms with E-state index in [9.17, 15) is 23.5 Å². The zero-order valence-electron chi connectivity index (χ0n) is 18.4. The van der Waals surface area contributed by atoms with Gasteiger partial charge in [-0.05, 0) is 54.7 Å². The van der Waals surface area contributed by atoms with Crippen LogP contribution in [0.5, 0.6) is 0 Å². The van der Waals surface area contributed by atoms with Crippen molar-refractivity contribution in [2.45, 2.75) is 49.4 Å². The van der Waals surface area contributed by atoms with Crippen LogP contribution in [0.25, 0.3) is 11.6 Å². The molecule has 5 nitrogen and oxygen atoms in total. The minimum absolute atomic E-state index is 0.0512. The smallest absolute Gasteiger partial charge is 0.457 e. The molecule has 7 rings (SSSR count). The first kappa shape index (κ1) is 21.4. The van der Waals surface area contributed by atoms with Crippen molar-refractivity contribution in [3.8, 4) is 0 Å². The van der Waals surface area contributed by atoms with Crippen molar-refractivity contribution in [2.24, 2.45) is 16.8 Å². The summed E-state index contributed by atoms with van der Waals surface area (Å²) in [5.74, 6) is -2.48. The molecule has 5 aliphatic rings. The van der Waals surface area contributed by atoms with E-state index in [1.165, 1.54) is 0 Å². The molecule has 2 aromatic rings. The van der Waals surface area contributed by atoms with Crippen LogP contribution in [0.4, 0.5) is 13.2 Å². The molecule has 2 aliphatic carbocycles. The van der Waals surface area contributed by atoms with Gasteiger partial charge >= 0.3 is 12.0 Å². The standard InChI is InChI=1S/C26H23F3N4O/c27-26(28,29)23(34)25-14-20-12-21(25)13-24(20,33(25)30)19-7-1-4-16(11-19)10-17-5-3-9-32-22(17)18-6-2-8-31-15-18/h1-2,4,6-8,10-11,15,20-21H,3,5,9,12-14H2/t20-,21-,24?,25?/m0/s1. The summed E-state index contributed by atoms with van der Waals surface area (Å²) in [6, 6.07) is 11.5. The van der Waals surface area contributed by atoms with E-state index in [0.717, 1.165) is 52.1 Å². The molecular formula is C26H23F3N4O. The number of hydrogen-bond donors (Lipinski definition) is 0. The topological polar surface area (TPSA) is 67.6 Å². The fraction of sp³-hybridized carbons (Fsp3) is 0.423. The monoisotopic (exact) mass is 464 g/mol. The van der Waals surface area contributed by atoms with Gasteiger partial charge in [-0.1, -0.05) is 18.2 Å². The maximum absolute atomic E-state index is 13.4. The molecule has 1 aromatic carbocycles. The van der Waals surface area contributed by atoms with Crippen molar-refractivity contribution in [1.29, 1.82) is 0 Å². The van der Waals surface area contributed by atoms with Crippen LogP contribution in [0.15, 0.2) is 59.4 Å². The van der Waals surface area contributed by atoms with Crippen LogP contribution in [0.3, 0.4) is 0 Å². The van der Waals surface area contributed by atoms with Crippen LogP contribution in [0.1, 0.15) is 48.8 Å². The average molecular weight is 464 g/mol. The SMILES string of the molecule is [N-]=[N+]1C2(C(=O)C(F)(F)F)C[C@@H]3C[C@H]2CC31c1cccc(C=C2CCCN=C2c2cccnc2)c1. The van der Waals surface area contributed by atoms with Crippen LogP contribution >= 0.6 is 0 Å². The Labute approximate surface area is 194 Å². The van der Waals surface area contributed by atoms with E-state index < -0.39 is 29.0 Å². The second-order valence-electron chi connectivity index (χ2n) is 9.90. The normalized spacial score (nSPS) is 33.1. The Bertz CT molecular complexity index is 1270.